The zero-order chi connectivity index (χ0) is 17.3. The molecule has 0 amide bonds. The van der Waals surface area contributed by atoms with Gasteiger partial charge in [-0.15, -0.1) is 0 Å². The van der Waals surface area contributed by atoms with Crippen LogP contribution in [0.3, 0.4) is 0 Å². The minimum Gasteiger partial charge on any atom is -0.382 e. The van der Waals surface area contributed by atoms with Crippen LogP contribution in [0.15, 0.2) is 0 Å². The van der Waals surface area contributed by atoms with E-state index in [-0.39, 0.29) is 11.2 Å². The molecule has 0 aromatic carbocycles. The normalized spacial score (nSPS) is 53.9. The number of carbonyl (C=O) groups excluding carboxylic acids is 2. The van der Waals surface area contributed by atoms with Crippen molar-refractivity contribution < 1.29 is 14.7 Å². The Hall–Kier alpha value is -0.700. The molecule has 4 saturated carbocycles. The Morgan fingerprint density at radius 1 is 1.04 bits per heavy atom. The van der Waals surface area contributed by atoms with Crippen molar-refractivity contribution in [3.63, 3.8) is 0 Å². The Labute approximate surface area is 145 Å². The number of ketones is 2. The van der Waals surface area contributed by atoms with Gasteiger partial charge in [0.25, 0.3) is 0 Å². The standard InChI is InChI=1S/C21H32O3/c1-13(22)21(24)11-8-18-16-5-4-14-12-15(23)6-9-19(14,2)17(16)7-10-20(18,21)3/h14,16-18,24H,4-12H2,1-3H3/t14?,16?,17?,18?,19?,20?,21-/m0/s1. The second kappa shape index (κ2) is 5.16. The molecule has 6 unspecified atom stereocenters. The molecule has 0 aliphatic heterocycles. The predicted octanol–water partition coefficient (Wildman–Crippen LogP) is 3.92. The summed E-state index contributed by atoms with van der Waals surface area (Å²) in [5.74, 6) is 2.78. The van der Waals surface area contributed by atoms with Gasteiger partial charge in [0.2, 0.25) is 0 Å². The average molecular weight is 332 g/mol. The van der Waals surface area contributed by atoms with Gasteiger partial charge in [-0.3, -0.25) is 9.59 Å². The van der Waals surface area contributed by atoms with Crippen molar-refractivity contribution in [2.75, 3.05) is 0 Å². The SMILES string of the molecule is CC(=O)[C@@]1(O)CCC2C3CCC4CC(=O)CCC4(C)C3CCC21C. The molecule has 4 aliphatic rings. The largest absolute Gasteiger partial charge is 0.382 e. The smallest absolute Gasteiger partial charge is 0.161 e. The molecule has 3 nitrogen and oxygen atoms in total. The van der Waals surface area contributed by atoms with Crippen LogP contribution in [0, 0.1) is 34.5 Å². The van der Waals surface area contributed by atoms with Gasteiger partial charge >= 0.3 is 0 Å². The van der Waals surface area contributed by atoms with E-state index in [9.17, 15) is 14.7 Å². The molecular weight excluding hydrogens is 300 g/mol. The van der Waals surface area contributed by atoms with Crippen LogP contribution in [-0.2, 0) is 9.59 Å². The van der Waals surface area contributed by atoms with Gasteiger partial charge < -0.3 is 5.11 Å². The topological polar surface area (TPSA) is 54.4 Å². The second-order valence-corrected chi connectivity index (χ2v) is 9.81. The summed E-state index contributed by atoms with van der Waals surface area (Å²) >= 11 is 0. The molecule has 0 spiro atoms. The van der Waals surface area contributed by atoms with Gasteiger partial charge in [-0.1, -0.05) is 13.8 Å². The molecule has 4 rings (SSSR count). The first-order valence-corrected chi connectivity index (χ1v) is 9.97. The summed E-state index contributed by atoms with van der Waals surface area (Å²) in [6.45, 7) is 6.20. The van der Waals surface area contributed by atoms with Crippen LogP contribution in [0.25, 0.3) is 0 Å². The van der Waals surface area contributed by atoms with Crippen LogP contribution in [-0.4, -0.2) is 22.3 Å². The van der Waals surface area contributed by atoms with E-state index in [1.807, 2.05) is 0 Å². The van der Waals surface area contributed by atoms with Crippen molar-refractivity contribution in [3.05, 3.63) is 0 Å². The molecule has 3 heteroatoms. The maximum atomic E-state index is 12.2. The van der Waals surface area contributed by atoms with E-state index < -0.39 is 5.60 Å². The Balaban J connectivity index is 1.66. The summed E-state index contributed by atoms with van der Waals surface area (Å²) in [4.78, 5) is 24.2. The van der Waals surface area contributed by atoms with Gasteiger partial charge in [-0.05, 0) is 81.0 Å². The van der Waals surface area contributed by atoms with Crippen molar-refractivity contribution in [2.45, 2.75) is 84.2 Å². The number of fused-ring (bicyclic) bond motifs is 5. The number of rotatable bonds is 1. The number of Topliss-reactive ketones (excluding diaryl/α,β-unsaturated/α-hetero) is 2. The third-order valence-corrected chi connectivity index (χ3v) is 9.22. The summed E-state index contributed by atoms with van der Waals surface area (Å²) in [5.41, 5.74) is -1.05. The van der Waals surface area contributed by atoms with Gasteiger partial charge in [0.1, 0.15) is 11.4 Å². The van der Waals surface area contributed by atoms with Gasteiger partial charge in [0.05, 0.1) is 0 Å². The monoisotopic (exact) mass is 332 g/mol. The van der Waals surface area contributed by atoms with Crippen LogP contribution in [0.2, 0.25) is 0 Å². The summed E-state index contributed by atoms with van der Waals surface area (Å²) in [7, 11) is 0. The second-order valence-electron chi connectivity index (χ2n) is 9.81. The molecule has 134 valence electrons. The van der Waals surface area contributed by atoms with Crippen molar-refractivity contribution in [3.8, 4) is 0 Å². The van der Waals surface area contributed by atoms with Crippen LogP contribution in [0.5, 0.6) is 0 Å². The molecule has 0 saturated heterocycles. The van der Waals surface area contributed by atoms with Crippen molar-refractivity contribution in [2.24, 2.45) is 34.5 Å². The number of aliphatic hydroxyl groups is 1. The lowest BCUT2D eigenvalue weighted by atomic mass is 9.44. The fourth-order valence-corrected chi connectivity index (χ4v) is 7.64. The Bertz CT molecular complexity index is 584. The zero-order valence-corrected chi connectivity index (χ0v) is 15.4. The van der Waals surface area contributed by atoms with E-state index >= 15 is 0 Å². The molecule has 0 heterocycles. The molecular formula is C21H32O3. The molecule has 4 fully saturated rings. The Kier molecular flexibility index (Phi) is 3.60. The number of hydrogen-bond acceptors (Lipinski definition) is 3. The first kappa shape index (κ1) is 16.8. The highest BCUT2D eigenvalue weighted by atomic mass is 16.3. The van der Waals surface area contributed by atoms with Crippen LogP contribution in [0.1, 0.15) is 78.6 Å². The van der Waals surface area contributed by atoms with Crippen molar-refractivity contribution in [1.82, 2.24) is 0 Å². The van der Waals surface area contributed by atoms with E-state index in [1.165, 1.54) is 6.42 Å². The molecule has 1 N–H and O–H groups in total. The molecule has 24 heavy (non-hydrogen) atoms. The maximum absolute atomic E-state index is 12.2. The minimum atomic E-state index is -1.11. The van der Waals surface area contributed by atoms with Crippen LogP contribution < -0.4 is 0 Å². The van der Waals surface area contributed by atoms with E-state index in [0.717, 1.165) is 44.9 Å². The maximum Gasteiger partial charge on any atom is 0.161 e. The molecule has 0 bridgehead atoms. The predicted molar refractivity (Wildman–Crippen MR) is 92.4 cm³/mol. The fraction of sp³-hybridized carbons (Fsp3) is 0.905. The highest BCUT2D eigenvalue weighted by molar-refractivity contribution is 5.86. The van der Waals surface area contributed by atoms with Gasteiger partial charge in [-0.25, -0.2) is 0 Å². The molecule has 0 aromatic heterocycles. The van der Waals surface area contributed by atoms with Gasteiger partial charge in [0, 0.05) is 18.3 Å². The van der Waals surface area contributed by atoms with Gasteiger partial charge in [0.15, 0.2) is 5.78 Å². The zero-order valence-electron chi connectivity index (χ0n) is 15.4. The summed E-state index contributed by atoms with van der Waals surface area (Å²) in [5, 5.41) is 11.2. The number of carbonyl (C=O) groups is 2. The molecule has 0 aromatic rings. The van der Waals surface area contributed by atoms with Gasteiger partial charge in [-0.2, -0.15) is 0 Å². The van der Waals surface area contributed by atoms with Crippen LogP contribution in [0.4, 0.5) is 0 Å². The third-order valence-electron chi connectivity index (χ3n) is 9.22. The highest BCUT2D eigenvalue weighted by Gasteiger charge is 2.65. The van der Waals surface area contributed by atoms with Crippen molar-refractivity contribution in [1.29, 1.82) is 0 Å². The van der Waals surface area contributed by atoms with E-state index in [2.05, 4.69) is 13.8 Å². The minimum absolute atomic E-state index is 0.0332. The summed E-state index contributed by atoms with van der Waals surface area (Å²) in [6.07, 6.45) is 8.67. The van der Waals surface area contributed by atoms with Crippen LogP contribution >= 0.6 is 0 Å². The highest BCUT2D eigenvalue weighted by Crippen LogP contribution is 2.68. The third kappa shape index (κ3) is 1.94. The first-order chi connectivity index (χ1) is 11.2. The van der Waals surface area contributed by atoms with E-state index in [4.69, 9.17) is 0 Å². The molecule has 4 aliphatic carbocycles. The lowest BCUT2D eigenvalue weighted by Crippen LogP contribution is -2.58. The Morgan fingerprint density at radius 3 is 2.46 bits per heavy atom. The fourth-order valence-electron chi connectivity index (χ4n) is 7.64. The van der Waals surface area contributed by atoms with E-state index in [1.54, 1.807) is 6.92 Å². The summed E-state index contributed by atoms with van der Waals surface area (Å²) in [6, 6.07) is 0. The molecule has 7 atom stereocenters. The molecule has 0 radical (unpaired) electrons. The Morgan fingerprint density at radius 2 is 1.75 bits per heavy atom. The number of hydrogen-bond donors (Lipinski definition) is 1. The quantitative estimate of drug-likeness (QED) is 0.792. The lowest BCUT2D eigenvalue weighted by Gasteiger charge is -2.60. The van der Waals surface area contributed by atoms with E-state index in [0.29, 0.717) is 41.3 Å². The lowest BCUT2D eigenvalue weighted by molar-refractivity contribution is -0.169. The van der Waals surface area contributed by atoms with Crippen molar-refractivity contribution >= 4 is 11.6 Å². The first-order valence-electron chi connectivity index (χ1n) is 9.97. The summed E-state index contributed by atoms with van der Waals surface area (Å²) < 4.78 is 0. The average Bonchev–Trinajstić information content (AvgIpc) is 2.81.